The number of hydrogen-bond acceptors (Lipinski definition) is 2. The Kier molecular flexibility index (Phi) is 14.9. The third-order valence-electron chi connectivity index (χ3n) is 3.60. The maximum atomic E-state index is 8.91. The second-order valence-electron chi connectivity index (χ2n) is 5.60. The maximum Gasteiger partial charge on any atom is 0.102 e. The molecular formula is C16H35NO. The van der Waals surface area contributed by atoms with Crippen molar-refractivity contribution in [2.45, 2.75) is 103 Å². The van der Waals surface area contributed by atoms with Crippen LogP contribution in [-0.4, -0.2) is 11.3 Å². The van der Waals surface area contributed by atoms with Crippen molar-refractivity contribution in [1.82, 2.24) is 0 Å². The smallest absolute Gasteiger partial charge is 0.102 e. The van der Waals surface area contributed by atoms with Crippen molar-refractivity contribution in [3.05, 3.63) is 0 Å². The fourth-order valence-electron chi connectivity index (χ4n) is 2.37. The van der Waals surface area contributed by atoms with E-state index in [1.54, 1.807) is 0 Å². The molecule has 0 saturated carbocycles. The Labute approximate surface area is 114 Å². The minimum Gasteiger partial charge on any atom is -0.379 e. The van der Waals surface area contributed by atoms with E-state index in [4.69, 9.17) is 10.8 Å². The molecule has 2 heteroatoms. The molecule has 3 N–H and O–H groups in total. The van der Waals surface area contributed by atoms with Gasteiger partial charge in [-0.2, -0.15) is 0 Å². The van der Waals surface area contributed by atoms with E-state index in [1.807, 2.05) is 0 Å². The third kappa shape index (κ3) is 15.9. The Balaban J connectivity index is 2.90. The number of rotatable bonds is 14. The minimum absolute atomic E-state index is 0.599. The first-order valence-corrected chi connectivity index (χ1v) is 8.21. The van der Waals surface area contributed by atoms with Crippen LogP contribution in [0.2, 0.25) is 0 Å². The van der Waals surface area contributed by atoms with E-state index in [-0.39, 0.29) is 0 Å². The van der Waals surface area contributed by atoms with Crippen LogP contribution in [0.4, 0.5) is 0 Å². The van der Waals surface area contributed by atoms with Gasteiger partial charge in [-0.25, -0.2) is 0 Å². The number of aliphatic hydroxyl groups excluding tert-OH is 1. The van der Waals surface area contributed by atoms with E-state index in [0.29, 0.717) is 0 Å². The first-order chi connectivity index (χ1) is 8.77. The quantitative estimate of drug-likeness (QED) is 0.348. The van der Waals surface area contributed by atoms with E-state index >= 15 is 0 Å². The summed E-state index contributed by atoms with van der Waals surface area (Å²) in [6.45, 7) is 2.27. The first-order valence-electron chi connectivity index (χ1n) is 8.21. The van der Waals surface area contributed by atoms with Crippen LogP contribution >= 0.6 is 0 Å². The standard InChI is InChI=1S/C16H35NO/c1-2-3-4-5-6-7-8-9-10-11-12-13-14-15-16(17)18/h16,18H,2-15,17H2,1H3. The van der Waals surface area contributed by atoms with Gasteiger partial charge in [0, 0.05) is 0 Å². The third-order valence-corrected chi connectivity index (χ3v) is 3.60. The van der Waals surface area contributed by atoms with Crippen molar-refractivity contribution in [3.8, 4) is 0 Å². The lowest BCUT2D eigenvalue weighted by molar-refractivity contribution is 0.168. The molecular weight excluding hydrogens is 222 g/mol. The average molecular weight is 257 g/mol. The number of hydrogen-bond donors (Lipinski definition) is 2. The Hall–Kier alpha value is -0.0800. The summed E-state index contributed by atoms with van der Waals surface area (Å²) in [6, 6.07) is 0. The molecule has 1 atom stereocenters. The predicted octanol–water partition coefficient (Wildman–Crippen LogP) is 4.74. The minimum atomic E-state index is -0.599. The molecule has 0 fully saturated rings. The van der Waals surface area contributed by atoms with Gasteiger partial charge in [0.05, 0.1) is 0 Å². The lowest BCUT2D eigenvalue weighted by Crippen LogP contribution is -2.17. The molecule has 1 unspecified atom stereocenters. The highest BCUT2D eigenvalue weighted by Crippen LogP contribution is 2.12. The predicted molar refractivity (Wildman–Crippen MR) is 80.5 cm³/mol. The number of nitrogens with two attached hydrogens (primary N) is 1. The van der Waals surface area contributed by atoms with Crippen LogP contribution in [-0.2, 0) is 0 Å². The molecule has 0 radical (unpaired) electrons. The van der Waals surface area contributed by atoms with Gasteiger partial charge in [-0.15, -0.1) is 0 Å². The molecule has 2 nitrogen and oxygen atoms in total. The Morgan fingerprint density at radius 1 is 0.667 bits per heavy atom. The maximum absolute atomic E-state index is 8.91. The molecule has 0 aromatic carbocycles. The molecule has 110 valence electrons. The zero-order chi connectivity index (χ0) is 13.5. The molecule has 18 heavy (non-hydrogen) atoms. The van der Waals surface area contributed by atoms with Gasteiger partial charge in [-0.1, -0.05) is 84.0 Å². The lowest BCUT2D eigenvalue weighted by atomic mass is 10.0. The molecule has 0 aliphatic heterocycles. The van der Waals surface area contributed by atoms with Gasteiger partial charge in [-0.05, 0) is 12.8 Å². The van der Waals surface area contributed by atoms with E-state index in [0.717, 1.165) is 12.8 Å². The van der Waals surface area contributed by atoms with Crippen molar-refractivity contribution in [2.24, 2.45) is 5.73 Å². The van der Waals surface area contributed by atoms with Gasteiger partial charge < -0.3 is 10.8 Å². The molecule has 0 aromatic rings. The summed E-state index contributed by atoms with van der Waals surface area (Å²) in [6.07, 6.45) is 17.9. The Morgan fingerprint density at radius 3 is 1.33 bits per heavy atom. The van der Waals surface area contributed by atoms with Crippen LogP contribution in [0.5, 0.6) is 0 Å². The van der Waals surface area contributed by atoms with Crippen molar-refractivity contribution < 1.29 is 5.11 Å². The summed E-state index contributed by atoms with van der Waals surface area (Å²) in [5.74, 6) is 0. The van der Waals surface area contributed by atoms with E-state index in [1.165, 1.54) is 77.0 Å². The molecule has 0 rings (SSSR count). The van der Waals surface area contributed by atoms with Crippen molar-refractivity contribution in [2.75, 3.05) is 0 Å². The Morgan fingerprint density at radius 2 is 1.00 bits per heavy atom. The van der Waals surface area contributed by atoms with Crippen LogP contribution in [0.3, 0.4) is 0 Å². The zero-order valence-corrected chi connectivity index (χ0v) is 12.5. The van der Waals surface area contributed by atoms with Gasteiger partial charge >= 0.3 is 0 Å². The SMILES string of the molecule is CCCCCCCCCCCCCCCC(N)O. The number of aliphatic hydroxyl groups is 1. The van der Waals surface area contributed by atoms with Gasteiger partial charge in [-0.3, -0.25) is 0 Å². The molecule has 0 bridgehead atoms. The van der Waals surface area contributed by atoms with Crippen LogP contribution in [0.15, 0.2) is 0 Å². The topological polar surface area (TPSA) is 46.2 Å². The average Bonchev–Trinajstić information content (AvgIpc) is 2.34. The summed E-state index contributed by atoms with van der Waals surface area (Å²) in [7, 11) is 0. The molecule has 0 aliphatic carbocycles. The van der Waals surface area contributed by atoms with Gasteiger partial charge in [0.1, 0.15) is 6.23 Å². The fourth-order valence-corrected chi connectivity index (χ4v) is 2.37. The monoisotopic (exact) mass is 257 g/mol. The lowest BCUT2D eigenvalue weighted by Gasteiger charge is -2.04. The van der Waals surface area contributed by atoms with Gasteiger partial charge in [0.15, 0.2) is 0 Å². The molecule has 0 spiro atoms. The van der Waals surface area contributed by atoms with E-state index < -0.39 is 6.23 Å². The molecule has 0 aliphatic rings. The zero-order valence-electron chi connectivity index (χ0n) is 12.5. The van der Waals surface area contributed by atoms with Crippen LogP contribution in [0, 0.1) is 0 Å². The summed E-state index contributed by atoms with van der Waals surface area (Å²) < 4.78 is 0. The van der Waals surface area contributed by atoms with Crippen molar-refractivity contribution in [1.29, 1.82) is 0 Å². The summed E-state index contributed by atoms with van der Waals surface area (Å²) in [4.78, 5) is 0. The van der Waals surface area contributed by atoms with Crippen molar-refractivity contribution >= 4 is 0 Å². The Bertz CT molecular complexity index is 148. The first kappa shape index (κ1) is 17.9. The molecule has 0 saturated heterocycles. The normalized spacial score (nSPS) is 12.8. The largest absolute Gasteiger partial charge is 0.379 e. The highest BCUT2D eigenvalue weighted by molar-refractivity contribution is 4.50. The highest BCUT2D eigenvalue weighted by atomic mass is 16.3. The molecule has 0 amide bonds. The van der Waals surface area contributed by atoms with E-state index in [2.05, 4.69) is 6.92 Å². The van der Waals surface area contributed by atoms with Gasteiger partial charge in [0.25, 0.3) is 0 Å². The van der Waals surface area contributed by atoms with Crippen LogP contribution in [0.1, 0.15) is 96.8 Å². The van der Waals surface area contributed by atoms with Crippen LogP contribution < -0.4 is 5.73 Å². The molecule has 0 heterocycles. The van der Waals surface area contributed by atoms with Crippen molar-refractivity contribution in [3.63, 3.8) is 0 Å². The summed E-state index contributed by atoms with van der Waals surface area (Å²) in [5.41, 5.74) is 5.29. The summed E-state index contributed by atoms with van der Waals surface area (Å²) in [5, 5.41) is 8.91. The summed E-state index contributed by atoms with van der Waals surface area (Å²) >= 11 is 0. The fraction of sp³-hybridized carbons (Fsp3) is 1.00. The van der Waals surface area contributed by atoms with E-state index in [9.17, 15) is 0 Å². The second kappa shape index (κ2) is 15.0. The van der Waals surface area contributed by atoms with Crippen LogP contribution in [0.25, 0.3) is 0 Å². The second-order valence-corrected chi connectivity index (χ2v) is 5.60. The highest BCUT2D eigenvalue weighted by Gasteiger charge is 1.96. The number of unbranched alkanes of at least 4 members (excludes halogenated alkanes) is 12. The van der Waals surface area contributed by atoms with Gasteiger partial charge in [0.2, 0.25) is 0 Å². The molecule has 0 aromatic heterocycles.